The van der Waals surface area contributed by atoms with Gasteiger partial charge in [0.1, 0.15) is 48.5 Å². The fraction of sp³-hybridized carbons (Fsp3) is 0.500. The summed E-state index contributed by atoms with van der Waals surface area (Å²) in [6.07, 6.45) is -9.85. The SMILES string of the molecule is Nc1nc2c(ncn2[C@@H]2O[C@@H]3COP(=O)([O-])O[C@H]4[C@@H](O)[C@H](n5cnc6c(N)ncnc65)O[C@@H]4COP(=O)([O-])O[C@@H]2[C@@H]3O)c(=O)[nH]1.[Na+].[Na+]. The molecule has 23 nitrogen and oxygen atoms in total. The van der Waals surface area contributed by atoms with E-state index in [9.17, 15) is 33.9 Å². The number of imidazole rings is 2. The summed E-state index contributed by atoms with van der Waals surface area (Å²) in [4.78, 5) is 60.4. The third-order valence-electron chi connectivity index (χ3n) is 7.30. The largest absolute Gasteiger partial charge is 1.00 e. The van der Waals surface area contributed by atoms with Gasteiger partial charge in [0.05, 0.1) is 25.9 Å². The van der Waals surface area contributed by atoms with Gasteiger partial charge in [-0.25, -0.2) is 19.9 Å². The van der Waals surface area contributed by atoms with Crippen molar-refractivity contribution in [2.45, 2.75) is 49.1 Å². The monoisotopic (exact) mass is 718 g/mol. The number of nitrogen functional groups attached to an aromatic ring is 2. The van der Waals surface area contributed by atoms with E-state index in [1.165, 1.54) is 10.9 Å². The maximum atomic E-state index is 13.1. The van der Waals surface area contributed by atoms with Crippen LogP contribution < -0.4 is 85.9 Å². The maximum absolute atomic E-state index is 13.1. The summed E-state index contributed by atoms with van der Waals surface area (Å²) in [6, 6.07) is 0. The standard InChI is InChI=1S/C20H24N10O13P2.2Na/c21-14-8-15(24-3-23-14)29(4-25-8)18-11(32)12-7(41-18)2-39-45(36,37)43-13-10(31)6(1-38-44(34,35)42-12)40-19(13)30-5-26-9-16(30)27-20(22)28-17(9)33;;/h3-7,10-13,18-19,31-32H,1-2H2,(H,34,35)(H,36,37)(H2,21,23,24)(H3,22,27,28,33);;/q;2*+1/p-2/t6-,7-,10-,11-,12-,13-,18-,19-;;/m1../s1. The minimum Gasteiger partial charge on any atom is -0.756 e. The number of nitrogens with one attached hydrogen (secondary N) is 1. The number of H-pyrrole nitrogens is 1. The Balaban J connectivity index is 0.00000217. The summed E-state index contributed by atoms with van der Waals surface area (Å²) in [7, 11) is -10.7. The van der Waals surface area contributed by atoms with Crippen molar-refractivity contribution in [2.24, 2.45) is 0 Å². The van der Waals surface area contributed by atoms with Crippen molar-refractivity contribution in [2.75, 3.05) is 24.7 Å². The van der Waals surface area contributed by atoms with Gasteiger partial charge >= 0.3 is 59.1 Å². The first-order valence-electron chi connectivity index (χ1n) is 12.9. The van der Waals surface area contributed by atoms with Crippen LogP contribution >= 0.6 is 15.6 Å². The van der Waals surface area contributed by atoms with Gasteiger partial charge in [-0.1, -0.05) is 0 Å². The van der Waals surface area contributed by atoms with E-state index < -0.39 is 83.5 Å². The molecule has 0 aromatic carbocycles. The molecule has 0 amide bonds. The van der Waals surface area contributed by atoms with E-state index in [2.05, 4.69) is 29.9 Å². The Morgan fingerprint density at radius 3 is 2.13 bits per heavy atom. The van der Waals surface area contributed by atoms with E-state index in [-0.39, 0.29) is 93.2 Å². The Labute approximate surface area is 305 Å². The molecule has 3 fully saturated rings. The zero-order valence-corrected chi connectivity index (χ0v) is 30.1. The number of phosphoric ester groups is 2. The molecule has 7 heterocycles. The van der Waals surface area contributed by atoms with Crippen LogP contribution in [0, 0.1) is 0 Å². The van der Waals surface area contributed by atoms with Crippen molar-refractivity contribution >= 4 is 49.7 Å². The van der Waals surface area contributed by atoms with E-state index >= 15 is 0 Å². The zero-order chi connectivity index (χ0) is 31.8. The Bertz CT molecular complexity index is 1950. The molecule has 0 aliphatic carbocycles. The molecular weight excluding hydrogens is 696 g/mol. The topological polar surface area (TPSA) is 335 Å². The number of aromatic nitrogens is 8. The molecule has 4 aromatic heterocycles. The van der Waals surface area contributed by atoms with Gasteiger partial charge in [0.15, 0.2) is 35.1 Å². The van der Waals surface area contributed by atoms with Gasteiger partial charge in [0.2, 0.25) is 5.95 Å². The summed E-state index contributed by atoms with van der Waals surface area (Å²) < 4.78 is 60.1. The Hall–Kier alpha value is -1.44. The third-order valence-corrected chi connectivity index (χ3v) is 9.24. The first kappa shape index (κ1) is 36.8. The van der Waals surface area contributed by atoms with Crippen molar-refractivity contribution in [3.05, 3.63) is 29.3 Å². The molecule has 27 heteroatoms. The number of hydrogen-bond acceptors (Lipinski definition) is 20. The predicted molar refractivity (Wildman–Crippen MR) is 139 cm³/mol. The van der Waals surface area contributed by atoms with Crippen LogP contribution in [-0.4, -0.2) is 99.1 Å². The second kappa shape index (κ2) is 13.7. The number of rotatable bonds is 2. The molecular formula is C20H22N10Na2O13P2. The van der Waals surface area contributed by atoms with Crippen molar-refractivity contribution in [3.63, 3.8) is 0 Å². The first-order valence-corrected chi connectivity index (χ1v) is 15.8. The number of ether oxygens (including phenoxy) is 2. The van der Waals surface area contributed by atoms with Crippen LogP contribution in [0.15, 0.2) is 23.8 Å². The number of nitrogens with zero attached hydrogens (tertiary/aromatic N) is 7. The van der Waals surface area contributed by atoms with Crippen LogP contribution in [0.4, 0.5) is 11.8 Å². The van der Waals surface area contributed by atoms with E-state index in [4.69, 9.17) is 39.0 Å². The predicted octanol–water partition coefficient (Wildman–Crippen LogP) is -9.60. The summed E-state index contributed by atoms with van der Waals surface area (Å²) in [6.45, 7) is -1.83. The molecule has 4 aromatic rings. The Morgan fingerprint density at radius 2 is 1.43 bits per heavy atom. The van der Waals surface area contributed by atoms with Gasteiger partial charge in [-0.3, -0.25) is 28.0 Å². The van der Waals surface area contributed by atoms with Gasteiger partial charge in [-0.05, 0) is 0 Å². The Morgan fingerprint density at radius 1 is 0.830 bits per heavy atom. The van der Waals surface area contributed by atoms with Crippen LogP contribution in [0.3, 0.4) is 0 Å². The second-order valence-electron chi connectivity index (χ2n) is 10.1. The number of aromatic amines is 1. The molecule has 0 saturated carbocycles. The Kier molecular flexibility index (Phi) is 10.7. The fourth-order valence-electron chi connectivity index (χ4n) is 5.28. The fourth-order valence-corrected chi connectivity index (χ4v) is 7.15. The number of aliphatic hydroxyl groups is 2. The number of phosphoric acid groups is 2. The number of fused-ring (bicyclic) bond motifs is 5. The second-order valence-corrected chi connectivity index (χ2v) is 12.8. The first-order chi connectivity index (χ1) is 21.3. The van der Waals surface area contributed by atoms with Crippen molar-refractivity contribution in [1.29, 1.82) is 0 Å². The molecule has 3 aliphatic rings. The molecule has 0 spiro atoms. The molecule has 47 heavy (non-hydrogen) atoms. The molecule has 3 aliphatic heterocycles. The van der Waals surface area contributed by atoms with Crippen LogP contribution in [0.5, 0.6) is 0 Å². The van der Waals surface area contributed by atoms with E-state index in [1.807, 2.05) is 0 Å². The molecule has 7 rings (SSSR count). The van der Waals surface area contributed by atoms with Gasteiger partial charge < -0.3 is 59.0 Å². The molecule has 7 N–H and O–H groups in total. The quantitative estimate of drug-likeness (QED) is 0.0948. The van der Waals surface area contributed by atoms with Gasteiger partial charge in [0, 0.05) is 0 Å². The average Bonchev–Trinajstić information content (AvgIpc) is 3.72. The van der Waals surface area contributed by atoms with Gasteiger partial charge in [-0.15, -0.1) is 0 Å². The van der Waals surface area contributed by atoms with Crippen molar-refractivity contribution in [1.82, 2.24) is 39.0 Å². The summed E-state index contributed by atoms with van der Waals surface area (Å²) >= 11 is 0. The van der Waals surface area contributed by atoms with Crippen LogP contribution in [0.25, 0.3) is 22.3 Å². The number of nitrogens with two attached hydrogens (primary N) is 2. The van der Waals surface area contributed by atoms with Crippen LogP contribution in [0.2, 0.25) is 0 Å². The van der Waals surface area contributed by atoms with E-state index in [1.54, 1.807) is 0 Å². The average molecular weight is 718 g/mol. The molecule has 242 valence electrons. The summed E-state index contributed by atoms with van der Waals surface area (Å²) in [5, 5.41) is 22.0. The smallest absolute Gasteiger partial charge is 0.756 e. The van der Waals surface area contributed by atoms with Crippen molar-refractivity contribution < 1.29 is 116 Å². The minimum atomic E-state index is -5.38. The molecule has 3 saturated heterocycles. The molecule has 10 atom stereocenters. The van der Waals surface area contributed by atoms with Crippen LogP contribution in [0.1, 0.15) is 12.5 Å². The number of hydrogen-bond donors (Lipinski definition) is 5. The zero-order valence-electron chi connectivity index (χ0n) is 24.3. The molecule has 0 radical (unpaired) electrons. The van der Waals surface area contributed by atoms with Crippen LogP contribution in [-0.2, 0) is 36.7 Å². The van der Waals surface area contributed by atoms with Gasteiger partial charge in [0.25, 0.3) is 21.2 Å². The normalized spacial score (nSPS) is 36.1. The maximum Gasteiger partial charge on any atom is 1.00 e. The summed E-state index contributed by atoms with van der Waals surface area (Å²) in [5.41, 5.74) is 10.6. The minimum absolute atomic E-state index is 0. The third kappa shape index (κ3) is 6.85. The number of aliphatic hydroxyl groups excluding tert-OH is 2. The summed E-state index contributed by atoms with van der Waals surface area (Å²) in [5.74, 6) is -0.289. The molecule has 2 unspecified atom stereocenters. The van der Waals surface area contributed by atoms with E-state index in [0.717, 1.165) is 17.2 Å². The van der Waals surface area contributed by atoms with Gasteiger partial charge in [-0.2, -0.15) is 4.98 Å². The van der Waals surface area contributed by atoms with Crippen molar-refractivity contribution in [3.8, 4) is 0 Å². The van der Waals surface area contributed by atoms with E-state index in [0.29, 0.717) is 0 Å². The molecule has 2 bridgehead atoms. The number of anilines is 2.